The predicted octanol–water partition coefficient (Wildman–Crippen LogP) is 1.85. The molecule has 2 aliphatic rings. The first-order chi connectivity index (χ1) is 12.6. The maximum absolute atomic E-state index is 12.7. The van der Waals surface area contributed by atoms with Crippen molar-refractivity contribution >= 4 is 5.91 Å². The number of aryl methyl sites for hydroxylation is 1. The quantitative estimate of drug-likeness (QED) is 0.823. The van der Waals surface area contributed by atoms with Gasteiger partial charge in [-0.05, 0) is 56.8 Å². The first-order valence-corrected chi connectivity index (χ1v) is 9.37. The van der Waals surface area contributed by atoms with Crippen LogP contribution in [0.15, 0.2) is 28.9 Å². The fourth-order valence-electron chi connectivity index (χ4n) is 3.93. The van der Waals surface area contributed by atoms with Crippen LogP contribution in [0.25, 0.3) is 0 Å². The van der Waals surface area contributed by atoms with Gasteiger partial charge in [0.25, 0.3) is 5.91 Å². The molecule has 1 atom stereocenters. The minimum atomic E-state index is -0.272. The molecule has 26 heavy (non-hydrogen) atoms. The molecule has 0 bridgehead atoms. The fourth-order valence-corrected chi connectivity index (χ4v) is 3.93. The summed E-state index contributed by atoms with van der Waals surface area (Å²) in [6.45, 7) is 2.94. The van der Waals surface area contributed by atoms with Gasteiger partial charge in [0.2, 0.25) is 0 Å². The van der Waals surface area contributed by atoms with Gasteiger partial charge in [-0.2, -0.15) is 5.10 Å². The highest BCUT2D eigenvalue weighted by Crippen LogP contribution is 2.38. The Hall–Kier alpha value is -2.12. The van der Waals surface area contributed by atoms with Gasteiger partial charge in [0, 0.05) is 18.8 Å². The van der Waals surface area contributed by atoms with E-state index in [4.69, 9.17) is 4.42 Å². The van der Waals surface area contributed by atoms with Crippen LogP contribution in [-0.4, -0.2) is 44.9 Å². The van der Waals surface area contributed by atoms with Crippen molar-refractivity contribution in [1.29, 1.82) is 0 Å². The molecule has 1 unspecified atom stereocenters. The summed E-state index contributed by atoms with van der Waals surface area (Å²) in [5, 5.41) is 16.9. The molecule has 2 fully saturated rings. The Morgan fingerprint density at radius 2 is 2.15 bits per heavy atom. The normalized spacial score (nSPS) is 24.4. The molecule has 140 valence electrons. The summed E-state index contributed by atoms with van der Waals surface area (Å²) in [5.74, 6) is 1.17. The molecule has 1 aliphatic heterocycles. The summed E-state index contributed by atoms with van der Waals surface area (Å²) < 4.78 is 7.50. The van der Waals surface area contributed by atoms with Crippen molar-refractivity contribution in [2.45, 2.75) is 44.4 Å². The van der Waals surface area contributed by atoms with Crippen LogP contribution in [0.1, 0.15) is 53.6 Å². The summed E-state index contributed by atoms with van der Waals surface area (Å²) in [5.41, 5.74) is 0.960. The van der Waals surface area contributed by atoms with Crippen LogP contribution in [0.4, 0.5) is 0 Å². The van der Waals surface area contributed by atoms with Gasteiger partial charge in [0.1, 0.15) is 5.76 Å². The maximum Gasteiger partial charge on any atom is 0.287 e. The molecule has 2 N–H and O–H groups in total. The predicted molar refractivity (Wildman–Crippen MR) is 95.4 cm³/mol. The number of rotatable bonds is 6. The average molecular weight is 358 g/mol. The number of likely N-dealkylation sites (tertiary alicyclic amines) is 1. The highest BCUT2D eigenvalue weighted by atomic mass is 16.4. The molecule has 2 aromatic heterocycles. The van der Waals surface area contributed by atoms with E-state index >= 15 is 0 Å². The number of nitrogens with one attached hydrogen (secondary N) is 1. The van der Waals surface area contributed by atoms with Gasteiger partial charge in [0.05, 0.1) is 24.9 Å². The lowest BCUT2D eigenvalue weighted by molar-refractivity contribution is 0.0232. The van der Waals surface area contributed by atoms with Crippen LogP contribution in [0, 0.1) is 5.92 Å². The van der Waals surface area contributed by atoms with E-state index in [9.17, 15) is 9.90 Å². The van der Waals surface area contributed by atoms with Crippen LogP contribution in [-0.2, 0) is 13.6 Å². The van der Waals surface area contributed by atoms with E-state index in [-0.39, 0.29) is 24.0 Å². The van der Waals surface area contributed by atoms with Crippen molar-refractivity contribution in [1.82, 2.24) is 20.0 Å². The number of amides is 1. The number of nitrogens with zero attached hydrogens (tertiary/aromatic N) is 3. The minimum Gasteiger partial charge on any atom is -0.455 e. The van der Waals surface area contributed by atoms with E-state index < -0.39 is 0 Å². The highest BCUT2D eigenvalue weighted by Gasteiger charge is 2.36. The summed E-state index contributed by atoms with van der Waals surface area (Å²) in [4.78, 5) is 15.0. The van der Waals surface area contributed by atoms with E-state index in [1.165, 1.54) is 12.8 Å². The largest absolute Gasteiger partial charge is 0.455 e. The summed E-state index contributed by atoms with van der Waals surface area (Å²) in [7, 11) is 1.86. The lowest BCUT2D eigenvalue weighted by atomic mass is 9.75. The zero-order chi connectivity index (χ0) is 18.1. The van der Waals surface area contributed by atoms with Crippen molar-refractivity contribution in [2.24, 2.45) is 13.0 Å². The van der Waals surface area contributed by atoms with Gasteiger partial charge in [-0.1, -0.05) is 0 Å². The van der Waals surface area contributed by atoms with E-state index in [1.807, 2.05) is 19.3 Å². The Kier molecular flexibility index (Phi) is 4.82. The third kappa shape index (κ3) is 3.68. The van der Waals surface area contributed by atoms with E-state index in [0.717, 1.165) is 31.0 Å². The average Bonchev–Trinajstić information content (AvgIpc) is 3.32. The third-order valence-corrected chi connectivity index (χ3v) is 5.46. The van der Waals surface area contributed by atoms with Gasteiger partial charge in [-0.25, -0.2) is 0 Å². The highest BCUT2D eigenvalue weighted by molar-refractivity contribution is 5.91. The molecule has 0 aromatic carbocycles. The van der Waals surface area contributed by atoms with Crippen LogP contribution in [0.5, 0.6) is 0 Å². The zero-order valence-electron chi connectivity index (χ0n) is 15.1. The number of carbonyl (C=O) groups is 1. The fraction of sp³-hybridized carbons (Fsp3) is 0.579. The number of hydrogen-bond acceptors (Lipinski definition) is 5. The molecule has 1 aliphatic carbocycles. The van der Waals surface area contributed by atoms with Crippen molar-refractivity contribution in [3.63, 3.8) is 0 Å². The van der Waals surface area contributed by atoms with Crippen molar-refractivity contribution in [2.75, 3.05) is 13.1 Å². The lowest BCUT2D eigenvalue weighted by Crippen LogP contribution is -2.41. The van der Waals surface area contributed by atoms with Crippen LogP contribution in [0.2, 0.25) is 0 Å². The summed E-state index contributed by atoms with van der Waals surface area (Å²) >= 11 is 0. The second-order valence-electron chi connectivity index (χ2n) is 7.53. The molecule has 1 amide bonds. The molecule has 1 saturated heterocycles. The maximum atomic E-state index is 12.7. The Labute approximate surface area is 153 Å². The van der Waals surface area contributed by atoms with Gasteiger partial charge in [-0.15, -0.1) is 0 Å². The van der Waals surface area contributed by atoms with E-state index in [2.05, 4.69) is 15.3 Å². The first kappa shape index (κ1) is 17.3. The van der Waals surface area contributed by atoms with Crippen molar-refractivity contribution < 1.29 is 14.3 Å². The van der Waals surface area contributed by atoms with Crippen molar-refractivity contribution in [3.05, 3.63) is 41.6 Å². The summed E-state index contributed by atoms with van der Waals surface area (Å²) in [6, 6.07) is 3.47. The second-order valence-corrected chi connectivity index (χ2v) is 7.53. The van der Waals surface area contributed by atoms with Gasteiger partial charge in [-0.3, -0.25) is 14.4 Å². The molecular weight excluding hydrogens is 332 g/mol. The Morgan fingerprint density at radius 1 is 1.38 bits per heavy atom. The summed E-state index contributed by atoms with van der Waals surface area (Å²) in [6.07, 6.45) is 7.26. The Balaban J connectivity index is 1.43. The monoisotopic (exact) mass is 358 g/mol. The Morgan fingerprint density at radius 3 is 2.81 bits per heavy atom. The number of furan rings is 1. The standard InChI is InChI=1S/C19H26N4O3/c1-22-11-14(10-20-22)18(13-8-15(24)9-13)21-19(25)17-5-4-16(26-17)12-23-6-2-3-7-23/h4-5,10-11,13,15,18,24H,2-3,6-9,12H2,1H3,(H,21,25). The molecule has 7 heteroatoms. The zero-order valence-corrected chi connectivity index (χ0v) is 15.1. The number of carbonyl (C=O) groups excluding carboxylic acids is 1. The molecule has 1 saturated carbocycles. The number of aromatic nitrogens is 2. The molecular formula is C19H26N4O3. The van der Waals surface area contributed by atoms with Gasteiger partial charge < -0.3 is 14.8 Å². The molecule has 2 aromatic rings. The topological polar surface area (TPSA) is 83.5 Å². The molecule has 7 nitrogen and oxygen atoms in total. The van der Waals surface area contributed by atoms with Gasteiger partial charge in [0.15, 0.2) is 5.76 Å². The van der Waals surface area contributed by atoms with Crippen LogP contribution in [0.3, 0.4) is 0 Å². The molecule has 4 rings (SSSR count). The van der Waals surface area contributed by atoms with Crippen LogP contribution >= 0.6 is 0 Å². The molecule has 0 radical (unpaired) electrons. The Bertz CT molecular complexity index is 756. The molecule has 3 heterocycles. The van der Waals surface area contributed by atoms with E-state index in [1.54, 1.807) is 16.9 Å². The number of hydrogen-bond donors (Lipinski definition) is 2. The smallest absolute Gasteiger partial charge is 0.287 e. The minimum absolute atomic E-state index is 0.160. The SMILES string of the molecule is Cn1cc(C(NC(=O)c2ccc(CN3CCCC3)o2)C2CC(O)C2)cn1. The first-order valence-electron chi connectivity index (χ1n) is 9.37. The second kappa shape index (κ2) is 7.25. The van der Waals surface area contributed by atoms with Crippen LogP contribution < -0.4 is 5.32 Å². The lowest BCUT2D eigenvalue weighted by Gasteiger charge is -2.37. The van der Waals surface area contributed by atoms with Crippen molar-refractivity contribution in [3.8, 4) is 0 Å². The van der Waals surface area contributed by atoms with Gasteiger partial charge >= 0.3 is 0 Å². The molecule has 0 spiro atoms. The van der Waals surface area contributed by atoms with E-state index in [0.29, 0.717) is 18.6 Å². The third-order valence-electron chi connectivity index (χ3n) is 5.46. The number of aliphatic hydroxyl groups is 1. The number of aliphatic hydroxyl groups excluding tert-OH is 1.